The number of carbonyl (C=O) groups is 4. The molecule has 0 bridgehead atoms. The standard InChI is InChI=1S/C21H23F4N5O2.C21H24F3N5O2/c22-20(8-6-19(7-9-20)11-29(12-19)16(31)10-21(23,24)25)14-2-1-3-15-26-18(28-30(14)15)27-17(32)13-4-5-13;22-15(23)10-17(30)28-11-20(12-28)6-8-21(24,9-7-20)14-2-1-3-16-25-19(27-29(14)16)26-18(31)13-4-5-13/h1-3,13H,4-12H2,(H,27,28,32);1-3,13,15H,4-12H2,(H,26,27,31). The number of halogens is 7. The summed E-state index contributed by atoms with van der Waals surface area (Å²) in [6.45, 7) is 1.31. The molecule has 4 saturated carbocycles. The number of alkyl halides is 7. The molecule has 0 aromatic carbocycles. The summed E-state index contributed by atoms with van der Waals surface area (Å²) in [5.74, 6) is -1.37. The summed E-state index contributed by atoms with van der Waals surface area (Å²) in [6, 6.07) is 10.2. The molecule has 2 aliphatic heterocycles. The first kappa shape index (κ1) is 42.9. The van der Waals surface area contributed by atoms with Crippen LogP contribution in [0.4, 0.5) is 42.6 Å². The minimum absolute atomic E-state index is 0.00631. The van der Waals surface area contributed by atoms with E-state index in [-0.39, 0.29) is 85.1 Å². The molecular weight excluding hydrogens is 842 g/mol. The Hall–Kier alpha value is -5.37. The molecule has 6 fully saturated rings. The van der Waals surface area contributed by atoms with Crippen molar-refractivity contribution in [3.05, 3.63) is 47.8 Å². The van der Waals surface area contributed by atoms with E-state index in [1.165, 1.54) is 18.8 Å². The molecular formula is C42H47F7N10O4. The smallest absolute Gasteiger partial charge is 0.341 e. The molecule has 2 saturated heterocycles. The molecule has 338 valence electrons. The number of carbonyl (C=O) groups excluding carboxylic acids is 4. The van der Waals surface area contributed by atoms with Crippen molar-refractivity contribution in [2.45, 2.75) is 114 Å². The number of fused-ring (bicyclic) bond motifs is 2. The van der Waals surface area contributed by atoms with Gasteiger partial charge in [-0.05, 0) is 101 Å². The van der Waals surface area contributed by atoms with Crippen LogP contribution in [-0.4, -0.2) is 101 Å². The Morgan fingerprint density at radius 1 is 0.635 bits per heavy atom. The molecule has 0 unspecified atom stereocenters. The van der Waals surface area contributed by atoms with E-state index < -0.39 is 48.6 Å². The molecule has 63 heavy (non-hydrogen) atoms. The van der Waals surface area contributed by atoms with E-state index in [9.17, 15) is 41.1 Å². The van der Waals surface area contributed by atoms with Gasteiger partial charge in [-0.2, -0.15) is 23.1 Å². The molecule has 4 aromatic heterocycles. The average molecular weight is 889 g/mol. The van der Waals surface area contributed by atoms with Gasteiger partial charge in [0.05, 0.1) is 17.8 Å². The van der Waals surface area contributed by atoms with Crippen LogP contribution in [0.15, 0.2) is 36.4 Å². The van der Waals surface area contributed by atoms with Gasteiger partial charge in [0.1, 0.15) is 6.42 Å². The van der Waals surface area contributed by atoms with Crippen LogP contribution in [0.5, 0.6) is 0 Å². The summed E-state index contributed by atoms with van der Waals surface area (Å²) in [5, 5.41) is 14.0. The van der Waals surface area contributed by atoms with E-state index in [1.807, 2.05) is 0 Å². The Kier molecular flexibility index (Phi) is 10.7. The highest BCUT2D eigenvalue weighted by Gasteiger charge is 2.54. The van der Waals surface area contributed by atoms with Gasteiger partial charge in [0.2, 0.25) is 42.0 Å². The predicted octanol–water partition coefficient (Wildman–Crippen LogP) is 6.90. The van der Waals surface area contributed by atoms with Gasteiger partial charge in [0.15, 0.2) is 22.6 Å². The van der Waals surface area contributed by atoms with Gasteiger partial charge < -0.3 is 9.80 Å². The number of nitrogens with zero attached hydrogens (tertiary/aromatic N) is 8. The highest BCUT2D eigenvalue weighted by molar-refractivity contribution is 5.93. The fourth-order valence-corrected chi connectivity index (χ4v) is 9.63. The molecule has 14 nitrogen and oxygen atoms in total. The fourth-order valence-electron chi connectivity index (χ4n) is 9.63. The molecule has 4 aromatic rings. The Morgan fingerprint density at radius 2 is 1.03 bits per heavy atom. The topological polar surface area (TPSA) is 159 Å². The lowest BCUT2D eigenvalue weighted by molar-refractivity contribution is -0.173. The molecule has 4 amide bonds. The third-order valence-corrected chi connectivity index (χ3v) is 13.7. The third-order valence-electron chi connectivity index (χ3n) is 13.7. The maximum Gasteiger partial charge on any atom is 0.397 e. The number of hydrogen-bond acceptors (Lipinski definition) is 8. The molecule has 0 radical (unpaired) electrons. The Labute approximate surface area is 356 Å². The van der Waals surface area contributed by atoms with Crippen molar-refractivity contribution < 1.29 is 49.9 Å². The minimum atomic E-state index is -4.52. The van der Waals surface area contributed by atoms with Crippen LogP contribution in [0.1, 0.15) is 101 Å². The molecule has 2 spiro atoms. The van der Waals surface area contributed by atoms with E-state index in [2.05, 4.69) is 30.8 Å². The highest BCUT2D eigenvalue weighted by Crippen LogP contribution is 2.53. The van der Waals surface area contributed by atoms with E-state index >= 15 is 8.78 Å². The van der Waals surface area contributed by atoms with Crippen LogP contribution in [0.3, 0.4) is 0 Å². The monoisotopic (exact) mass is 888 g/mol. The average Bonchev–Trinajstić information content (AvgIpc) is 4.14. The number of hydrogen-bond donors (Lipinski definition) is 2. The lowest BCUT2D eigenvalue weighted by atomic mass is 9.64. The largest absolute Gasteiger partial charge is 0.397 e. The lowest BCUT2D eigenvalue weighted by Crippen LogP contribution is -2.60. The lowest BCUT2D eigenvalue weighted by Gasteiger charge is -2.54. The van der Waals surface area contributed by atoms with Crippen molar-refractivity contribution in [1.29, 1.82) is 0 Å². The van der Waals surface area contributed by atoms with Gasteiger partial charge in [-0.25, -0.2) is 26.6 Å². The summed E-state index contributed by atoms with van der Waals surface area (Å²) in [6.07, 6.45) is -3.01. The van der Waals surface area contributed by atoms with Crippen molar-refractivity contribution in [2.75, 3.05) is 36.8 Å². The van der Waals surface area contributed by atoms with Crippen molar-refractivity contribution in [1.82, 2.24) is 39.0 Å². The summed E-state index contributed by atoms with van der Waals surface area (Å²) in [5.41, 5.74) is -2.16. The van der Waals surface area contributed by atoms with E-state index in [0.717, 1.165) is 25.7 Å². The molecule has 6 aliphatic rings. The van der Waals surface area contributed by atoms with Crippen molar-refractivity contribution in [3.8, 4) is 0 Å². The van der Waals surface area contributed by atoms with Crippen LogP contribution >= 0.6 is 0 Å². The number of aromatic nitrogens is 6. The van der Waals surface area contributed by atoms with Gasteiger partial charge in [-0.15, -0.1) is 10.2 Å². The second-order valence-electron chi connectivity index (χ2n) is 18.6. The van der Waals surface area contributed by atoms with E-state index in [0.29, 0.717) is 61.5 Å². The molecule has 21 heteroatoms. The summed E-state index contributed by atoms with van der Waals surface area (Å²) >= 11 is 0. The van der Waals surface area contributed by atoms with E-state index in [1.54, 1.807) is 36.4 Å². The maximum absolute atomic E-state index is 16.0. The summed E-state index contributed by atoms with van der Waals surface area (Å²) in [4.78, 5) is 58.8. The summed E-state index contributed by atoms with van der Waals surface area (Å²) < 4.78 is 97.2. The second kappa shape index (κ2) is 15.7. The molecule has 2 N–H and O–H groups in total. The quantitative estimate of drug-likeness (QED) is 0.172. The number of anilines is 2. The minimum Gasteiger partial charge on any atom is -0.341 e. The maximum atomic E-state index is 16.0. The summed E-state index contributed by atoms with van der Waals surface area (Å²) in [7, 11) is 0. The zero-order valence-electron chi connectivity index (χ0n) is 34.3. The van der Waals surface area contributed by atoms with Crippen LogP contribution in [0, 0.1) is 22.7 Å². The van der Waals surface area contributed by atoms with Gasteiger partial charge >= 0.3 is 6.18 Å². The highest BCUT2D eigenvalue weighted by atomic mass is 19.4. The number of rotatable bonds is 9. The van der Waals surface area contributed by atoms with Crippen molar-refractivity contribution in [3.63, 3.8) is 0 Å². The number of amides is 4. The van der Waals surface area contributed by atoms with Crippen molar-refractivity contribution in [2.24, 2.45) is 22.7 Å². The van der Waals surface area contributed by atoms with Crippen LogP contribution in [-0.2, 0) is 30.5 Å². The third kappa shape index (κ3) is 8.92. The molecule has 4 aliphatic carbocycles. The van der Waals surface area contributed by atoms with Crippen LogP contribution < -0.4 is 10.6 Å². The second-order valence-corrected chi connectivity index (χ2v) is 18.6. The molecule has 0 atom stereocenters. The normalized spacial score (nSPS) is 23.6. The SMILES string of the molecule is O=C(Nc1nc2cccc(C3(F)CCC4(CC3)CN(C(=O)CC(F)(F)F)C4)n2n1)C1CC1.O=C(Nc1nc2cccc(C3(F)CCC4(CC3)CN(C(=O)CC(F)F)C4)n2n1)C1CC1. The first-order valence-electron chi connectivity index (χ1n) is 21.5. The fraction of sp³-hybridized carbons (Fsp3) is 0.619. The Morgan fingerprint density at radius 3 is 1.40 bits per heavy atom. The van der Waals surface area contributed by atoms with Crippen LogP contribution in [0.25, 0.3) is 11.3 Å². The van der Waals surface area contributed by atoms with Gasteiger partial charge in [-0.3, -0.25) is 29.8 Å². The predicted molar refractivity (Wildman–Crippen MR) is 211 cm³/mol. The zero-order chi connectivity index (χ0) is 44.5. The zero-order valence-corrected chi connectivity index (χ0v) is 34.3. The number of nitrogens with one attached hydrogen (secondary N) is 2. The van der Waals surface area contributed by atoms with E-state index in [4.69, 9.17) is 0 Å². The molecule has 10 rings (SSSR count). The Balaban J connectivity index is 0.000000160. The first-order valence-corrected chi connectivity index (χ1v) is 21.5. The van der Waals surface area contributed by atoms with Crippen LogP contribution in [0.2, 0.25) is 0 Å². The number of likely N-dealkylation sites (tertiary alicyclic amines) is 2. The van der Waals surface area contributed by atoms with Gasteiger partial charge in [-0.1, -0.05) is 12.1 Å². The van der Waals surface area contributed by atoms with Gasteiger partial charge in [0.25, 0.3) is 0 Å². The van der Waals surface area contributed by atoms with Crippen molar-refractivity contribution >= 4 is 46.8 Å². The van der Waals surface area contributed by atoms with Gasteiger partial charge in [0, 0.05) is 48.8 Å². The molecule has 6 heterocycles. The number of pyridine rings is 2. The first-order chi connectivity index (χ1) is 29.8. The Bertz CT molecular complexity index is 2420.